The molecule has 0 radical (unpaired) electrons. The Balaban J connectivity index is 0.00000172. The number of nitrogens with one attached hydrogen (secondary N) is 1. The number of benzene rings is 1. The fourth-order valence-corrected chi connectivity index (χ4v) is 1.44. The first-order valence-electron chi connectivity index (χ1n) is 6.50. The van der Waals surface area contributed by atoms with Gasteiger partial charge in [0.2, 0.25) is 5.91 Å². The third-order valence-corrected chi connectivity index (χ3v) is 2.23. The molecule has 1 aromatic rings. The maximum absolute atomic E-state index is 10.9. The number of nitro groups is 1. The summed E-state index contributed by atoms with van der Waals surface area (Å²) in [4.78, 5) is 21.1. The Morgan fingerprint density at radius 2 is 1.95 bits per heavy atom. The van der Waals surface area contributed by atoms with E-state index in [4.69, 9.17) is 0 Å². The second kappa shape index (κ2) is 8.79. The average Bonchev–Trinajstić information content (AvgIpc) is 2.41. The van der Waals surface area contributed by atoms with Gasteiger partial charge in [-0.2, -0.15) is 5.10 Å². The molecule has 0 heterocycles. The first kappa shape index (κ1) is 17.8. The molecule has 6 nitrogen and oxygen atoms in total. The molecule has 0 aliphatic carbocycles. The van der Waals surface area contributed by atoms with E-state index in [9.17, 15) is 14.9 Å². The number of nitrogens with zero attached hydrogens (tertiary/aromatic N) is 2. The van der Waals surface area contributed by atoms with E-state index < -0.39 is 4.92 Å². The van der Waals surface area contributed by atoms with E-state index in [2.05, 4.69) is 10.5 Å². The monoisotopic (exact) mass is 279 g/mol. The number of non-ortho nitro benzene ring substituents is 1. The summed E-state index contributed by atoms with van der Waals surface area (Å²) in [5, 5.41) is 14.7. The van der Waals surface area contributed by atoms with E-state index in [0.717, 1.165) is 0 Å². The van der Waals surface area contributed by atoms with Gasteiger partial charge in [-0.15, -0.1) is 0 Å². The summed E-state index contributed by atoms with van der Waals surface area (Å²) in [6, 6.07) is 6.19. The molecule has 0 spiro atoms. The first-order chi connectivity index (χ1) is 9.41. The van der Waals surface area contributed by atoms with Gasteiger partial charge in [0.1, 0.15) is 0 Å². The summed E-state index contributed by atoms with van der Waals surface area (Å²) in [6.07, 6.45) is 0. The van der Waals surface area contributed by atoms with Gasteiger partial charge in [-0.05, 0) is 5.92 Å². The molecule has 0 unspecified atom stereocenters. The molecular weight excluding hydrogens is 258 g/mol. The van der Waals surface area contributed by atoms with Crippen molar-refractivity contribution in [2.24, 2.45) is 11.0 Å². The van der Waals surface area contributed by atoms with Crippen LogP contribution in [0.1, 0.15) is 40.2 Å². The summed E-state index contributed by atoms with van der Waals surface area (Å²) in [5.41, 5.74) is 3.59. The van der Waals surface area contributed by atoms with Crippen molar-refractivity contribution >= 4 is 17.3 Å². The summed E-state index contributed by atoms with van der Waals surface area (Å²) >= 11 is 0. The van der Waals surface area contributed by atoms with Crippen LogP contribution < -0.4 is 5.43 Å². The molecule has 20 heavy (non-hydrogen) atoms. The number of nitro benzene ring substituents is 1. The van der Waals surface area contributed by atoms with E-state index in [1.54, 1.807) is 12.1 Å². The van der Waals surface area contributed by atoms with Crippen LogP contribution >= 0.6 is 0 Å². The van der Waals surface area contributed by atoms with Gasteiger partial charge in [0.25, 0.3) is 5.69 Å². The molecule has 0 aliphatic heterocycles. The van der Waals surface area contributed by atoms with Crippen LogP contribution in [0.5, 0.6) is 0 Å². The minimum absolute atomic E-state index is 0.00340. The minimum Gasteiger partial charge on any atom is -0.274 e. The Hall–Kier alpha value is -2.24. The molecule has 1 N–H and O–H groups in total. The zero-order valence-electron chi connectivity index (χ0n) is 12.5. The van der Waals surface area contributed by atoms with Crippen LogP contribution in [0.25, 0.3) is 0 Å². The molecule has 1 aromatic carbocycles. The van der Waals surface area contributed by atoms with Crippen LogP contribution in [0.15, 0.2) is 29.4 Å². The van der Waals surface area contributed by atoms with Crippen LogP contribution in [0.3, 0.4) is 0 Å². The number of hydrazone groups is 1. The van der Waals surface area contributed by atoms with Crippen molar-refractivity contribution in [3.63, 3.8) is 0 Å². The van der Waals surface area contributed by atoms with Gasteiger partial charge in [0.05, 0.1) is 10.6 Å². The van der Waals surface area contributed by atoms with Crippen molar-refractivity contribution < 1.29 is 9.72 Å². The lowest BCUT2D eigenvalue weighted by Gasteiger charge is -2.10. The quantitative estimate of drug-likeness (QED) is 0.522. The van der Waals surface area contributed by atoms with Crippen LogP contribution in [0.4, 0.5) is 5.69 Å². The number of carbonyl (C=O) groups is 1. The SMILES string of the molecule is CC.CC(=O)N/N=C(/c1cccc([N+](=O)[O-])c1)C(C)C. The lowest BCUT2D eigenvalue weighted by molar-refractivity contribution is -0.384. The van der Waals surface area contributed by atoms with E-state index in [0.29, 0.717) is 11.3 Å². The molecule has 6 heteroatoms. The molecule has 1 amide bonds. The van der Waals surface area contributed by atoms with Crippen molar-refractivity contribution in [2.45, 2.75) is 34.6 Å². The Labute approximate surface area is 119 Å². The van der Waals surface area contributed by atoms with Gasteiger partial charge in [0, 0.05) is 24.6 Å². The molecule has 1 rings (SSSR count). The Kier molecular flexibility index (Phi) is 7.81. The number of amides is 1. The fourth-order valence-electron chi connectivity index (χ4n) is 1.44. The topological polar surface area (TPSA) is 84.6 Å². The van der Waals surface area contributed by atoms with Crippen LogP contribution in [0, 0.1) is 16.0 Å². The highest BCUT2D eigenvalue weighted by Gasteiger charge is 2.13. The van der Waals surface area contributed by atoms with Gasteiger partial charge in [-0.3, -0.25) is 14.9 Å². The molecule has 0 saturated heterocycles. The lowest BCUT2D eigenvalue weighted by atomic mass is 10.00. The zero-order valence-corrected chi connectivity index (χ0v) is 12.5. The highest BCUT2D eigenvalue weighted by Crippen LogP contribution is 2.16. The average molecular weight is 279 g/mol. The van der Waals surface area contributed by atoms with Gasteiger partial charge < -0.3 is 0 Å². The van der Waals surface area contributed by atoms with Crippen molar-refractivity contribution in [1.82, 2.24) is 5.43 Å². The van der Waals surface area contributed by atoms with E-state index >= 15 is 0 Å². The van der Waals surface area contributed by atoms with Crippen molar-refractivity contribution in [3.8, 4) is 0 Å². The Bertz CT molecular complexity index is 496. The second-order valence-corrected chi connectivity index (χ2v) is 4.13. The van der Waals surface area contributed by atoms with Crippen molar-refractivity contribution in [1.29, 1.82) is 0 Å². The number of hydrogen-bond donors (Lipinski definition) is 1. The largest absolute Gasteiger partial charge is 0.274 e. The normalized spacial score (nSPS) is 10.6. The predicted molar refractivity (Wildman–Crippen MR) is 79.6 cm³/mol. The van der Waals surface area contributed by atoms with Crippen LogP contribution in [-0.2, 0) is 4.79 Å². The maximum Gasteiger partial charge on any atom is 0.270 e. The van der Waals surface area contributed by atoms with Gasteiger partial charge >= 0.3 is 0 Å². The number of carbonyl (C=O) groups excluding carboxylic acids is 1. The number of hydrogen-bond acceptors (Lipinski definition) is 4. The third kappa shape index (κ3) is 5.60. The number of rotatable bonds is 4. The first-order valence-corrected chi connectivity index (χ1v) is 6.50. The second-order valence-electron chi connectivity index (χ2n) is 4.13. The standard InChI is InChI=1S/C12H15N3O3.C2H6/c1-8(2)12(14-13-9(3)16)10-5-4-6-11(7-10)15(17)18;1-2/h4-8H,1-3H3,(H,13,16);1-2H3/b14-12+;. The molecule has 110 valence electrons. The maximum atomic E-state index is 10.9. The van der Waals surface area contributed by atoms with Crippen molar-refractivity contribution in [2.75, 3.05) is 0 Å². The van der Waals surface area contributed by atoms with E-state index in [1.165, 1.54) is 19.1 Å². The van der Waals surface area contributed by atoms with E-state index in [1.807, 2.05) is 27.7 Å². The lowest BCUT2D eigenvalue weighted by Crippen LogP contribution is -2.19. The van der Waals surface area contributed by atoms with Crippen LogP contribution in [-0.4, -0.2) is 16.5 Å². The predicted octanol–water partition coefficient (Wildman–Crippen LogP) is 3.12. The molecule has 0 fully saturated rings. The third-order valence-electron chi connectivity index (χ3n) is 2.23. The highest BCUT2D eigenvalue weighted by molar-refractivity contribution is 6.02. The molecule has 0 atom stereocenters. The Morgan fingerprint density at radius 1 is 1.35 bits per heavy atom. The van der Waals surface area contributed by atoms with Gasteiger partial charge in [0.15, 0.2) is 0 Å². The minimum atomic E-state index is -0.458. The molecule has 0 saturated carbocycles. The molecular formula is C14H21N3O3. The molecule has 0 aromatic heterocycles. The Morgan fingerprint density at radius 3 is 2.40 bits per heavy atom. The van der Waals surface area contributed by atoms with Crippen molar-refractivity contribution in [3.05, 3.63) is 39.9 Å². The van der Waals surface area contributed by atoms with E-state index in [-0.39, 0.29) is 17.5 Å². The molecule has 0 bridgehead atoms. The highest BCUT2D eigenvalue weighted by atomic mass is 16.6. The zero-order chi connectivity index (χ0) is 15.7. The van der Waals surface area contributed by atoms with Gasteiger partial charge in [-0.1, -0.05) is 39.8 Å². The fraction of sp³-hybridized carbons (Fsp3) is 0.429. The van der Waals surface area contributed by atoms with Gasteiger partial charge in [-0.25, -0.2) is 5.43 Å². The summed E-state index contributed by atoms with van der Waals surface area (Å²) in [5.74, 6) is -0.238. The summed E-state index contributed by atoms with van der Waals surface area (Å²) in [7, 11) is 0. The summed E-state index contributed by atoms with van der Waals surface area (Å²) in [6.45, 7) is 9.16. The van der Waals surface area contributed by atoms with Crippen LogP contribution in [0.2, 0.25) is 0 Å². The smallest absolute Gasteiger partial charge is 0.270 e. The summed E-state index contributed by atoms with van der Waals surface area (Å²) < 4.78 is 0. The molecule has 0 aliphatic rings.